The molecule has 45 heavy (non-hydrogen) atoms. The SMILES string of the molecule is C=C1/C(=C\C[C@H]2CCC[C@]3(C)[C@@H]([C@H](C)CCCC(=O)OCC)CC[C@@H]23)C[C@@H](O[Si](C)(C)C(C)(C)C)C[C@@H]1O[Si](C)(C)C(C)(C)C. The van der Waals surface area contributed by atoms with Gasteiger partial charge in [0.05, 0.1) is 18.8 Å². The van der Waals surface area contributed by atoms with E-state index in [4.69, 9.17) is 20.2 Å². The highest BCUT2D eigenvalue weighted by Crippen LogP contribution is 2.60. The van der Waals surface area contributed by atoms with Crippen molar-refractivity contribution in [3.05, 3.63) is 23.8 Å². The Morgan fingerprint density at radius 2 is 1.64 bits per heavy atom. The van der Waals surface area contributed by atoms with Gasteiger partial charge in [0.15, 0.2) is 16.6 Å². The van der Waals surface area contributed by atoms with Gasteiger partial charge in [0.1, 0.15) is 0 Å². The maximum atomic E-state index is 11.9. The van der Waals surface area contributed by atoms with Gasteiger partial charge in [-0.1, -0.05) is 74.5 Å². The lowest BCUT2D eigenvalue weighted by Crippen LogP contribution is -2.49. The number of carbonyl (C=O) groups excluding carboxylic acids is 1. The number of carbonyl (C=O) groups is 1. The Morgan fingerprint density at radius 1 is 1.02 bits per heavy atom. The van der Waals surface area contributed by atoms with E-state index in [9.17, 15) is 4.79 Å². The molecule has 0 unspecified atom stereocenters. The minimum atomic E-state index is -1.97. The van der Waals surface area contributed by atoms with Crippen LogP contribution in [0.15, 0.2) is 23.8 Å². The first-order valence-corrected chi connectivity index (χ1v) is 24.3. The molecular formula is C39H72O4Si2. The van der Waals surface area contributed by atoms with Crippen LogP contribution in [0.3, 0.4) is 0 Å². The van der Waals surface area contributed by atoms with Crippen molar-refractivity contribution in [2.24, 2.45) is 29.1 Å². The van der Waals surface area contributed by atoms with Gasteiger partial charge in [-0.25, -0.2) is 0 Å². The van der Waals surface area contributed by atoms with Crippen molar-refractivity contribution in [3.63, 3.8) is 0 Å². The lowest BCUT2D eigenvalue weighted by molar-refractivity contribution is -0.143. The average molecular weight is 661 g/mol. The van der Waals surface area contributed by atoms with E-state index in [1.54, 1.807) is 0 Å². The summed E-state index contributed by atoms with van der Waals surface area (Å²) < 4.78 is 19.4. The highest BCUT2D eigenvalue weighted by atomic mass is 28.4. The molecule has 7 atom stereocenters. The van der Waals surface area contributed by atoms with E-state index >= 15 is 0 Å². The summed E-state index contributed by atoms with van der Waals surface area (Å²) in [6.07, 6.45) is 15.2. The number of rotatable bonds is 12. The van der Waals surface area contributed by atoms with Crippen LogP contribution in [0.4, 0.5) is 0 Å². The first-order chi connectivity index (χ1) is 20.6. The highest BCUT2D eigenvalue weighted by molar-refractivity contribution is 6.74. The van der Waals surface area contributed by atoms with Gasteiger partial charge >= 0.3 is 5.97 Å². The fourth-order valence-electron chi connectivity index (χ4n) is 8.49. The van der Waals surface area contributed by atoms with Crippen molar-refractivity contribution in [2.45, 2.75) is 181 Å². The van der Waals surface area contributed by atoms with Crippen molar-refractivity contribution in [3.8, 4) is 0 Å². The molecule has 3 aliphatic rings. The van der Waals surface area contributed by atoms with E-state index in [0.29, 0.717) is 24.4 Å². The van der Waals surface area contributed by atoms with Gasteiger partial charge in [-0.15, -0.1) is 0 Å². The first kappa shape index (κ1) is 38.7. The monoisotopic (exact) mass is 660 g/mol. The van der Waals surface area contributed by atoms with Crippen LogP contribution in [-0.4, -0.2) is 41.4 Å². The number of hydrogen-bond acceptors (Lipinski definition) is 4. The molecule has 0 aliphatic heterocycles. The Kier molecular flexibility index (Phi) is 12.8. The van der Waals surface area contributed by atoms with Crippen LogP contribution in [0.2, 0.25) is 36.3 Å². The van der Waals surface area contributed by atoms with Crippen LogP contribution in [0.5, 0.6) is 0 Å². The lowest BCUT2D eigenvalue weighted by Gasteiger charge is -2.47. The fraction of sp³-hybridized carbons (Fsp3) is 0.872. The summed E-state index contributed by atoms with van der Waals surface area (Å²) in [6, 6.07) is 0. The molecule has 0 bridgehead atoms. The molecule has 0 aromatic carbocycles. The van der Waals surface area contributed by atoms with Crippen LogP contribution >= 0.6 is 0 Å². The summed E-state index contributed by atoms with van der Waals surface area (Å²) in [6.45, 7) is 35.7. The highest BCUT2D eigenvalue weighted by Gasteiger charge is 2.52. The summed E-state index contributed by atoms with van der Waals surface area (Å²) in [5.74, 6) is 2.91. The standard InChI is InChI=1S/C39H72O4Si2/c1-15-41-36(40)20-16-18-28(2)33-23-24-34-30(19-17-25-39(33,34)10)21-22-31-26-32(42-44(11,12)37(4,5)6)27-35(29(31)3)43-45(13,14)38(7,8)9/h22,28,30,32-35H,3,15-21,23-27H2,1-2,4-14H3/b31-22-/t28-,30-,32-,33-,34+,35+,39-/m1/s1. The fourth-order valence-corrected chi connectivity index (χ4v) is 11.2. The Balaban J connectivity index is 1.77. The van der Waals surface area contributed by atoms with E-state index in [2.05, 4.69) is 87.7 Å². The topological polar surface area (TPSA) is 44.8 Å². The number of ether oxygens (including phenoxy) is 1. The molecule has 4 nitrogen and oxygen atoms in total. The number of fused-ring (bicyclic) bond motifs is 1. The van der Waals surface area contributed by atoms with Crippen molar-refractivity contribution in [1.29, 1.82) is 0 Å². The number of hydrogen-bond donors (Lipinski definition) is 0. The molecule has 3 saturated carbocycles. The van der Waals surface area contributed by atoms with Gasteiger partial charge in [-0.05, 0) is 135 Å². The third kappa shape index (κ3) is 9.26. The van der Waals surface area contributed by atoms with Gasteiger partial charge < -0.3 is 13.6 Å². The normalized spacial score (nSPS) is 31.6. The van der Waals surface area contributed by atoms with Crippen LogP contribution in [0, 0.1) is 29.1 Å². The van der Waals surface area contributed by atoms with Crippen molar-refractivity contribution in [2.75, 3.05) is 6.61 Å². The van der Waals surface area contributed by atoms with Crippen LogP contribution in [-0.2, 0) is 18.4 Å². The summed E-state index contributed by atoms with van der Waals surface area (Å²) in [5.41, 5.74) is 3.03. The molecule has 0 amide bonds. The predicted molar refractivity (Wildman–Crippen MR) is 197 cm³/mol. The molecule has 0 saturated heterocycles. The van der Waals surface area contributed by atoms with Gasteiger partial charge in [0, 0.05) is 12.8 Å². The number of allylic oxidation sites excluding steroid dienone is 1. The van der Waals surface area contributed by atoms with Crippen LogP contribution < -0.4 is 0 Å². The zero-order chi connectivity index (χ0) is 34.0. The predicted octanol–water partition coefficient (Wildman–Crippen LogP) is 11.6. The van der Waals surface area contributed by atoms with E-state index in [-0.39, 0.29) is 28.3 Å². The van der Waals surface area contributed by atoms with E-state index in [1.165, 1.54) is 43.3 Å². The smallest absolute Gasteiger partial charge is 0.305 e. The molecule has 3 rings (SSSR count). The zero-order valence-corrected chi connectivity index (χ0v) is 33.9. The third-order valence-corrected chi connectivity index (χ3v) is 22.3. The second kappa shape index (κ2) is 14.8. The Bertz CT molecular complexity index is 1050. The second-order valence-corrected chi connectivity index (χ2v) is 27.9. The number of esters is 1. The second-order valence-electron chi connectivity index (χ2n) is 18.4. The van der Waals surface area contributed by atoms with Crippen LogP contribution in [0.25, 0.3) is 0 Å². The van der Waals surface area contributed by atoms with E-state index in [0.717, 1.165) is 49.9 Å². The quantitative estimate of drug-likeness (QED) is 0.154. The molecular weight excluding hydrogens is 589 g/mol. The van der Waals surface area contributed by atoms with Gasteiger partial charge in [-0.2, -0.15) is 0 Å². The molecule has 0 spiro atoms. The Morgan fingerprint density at radius 3 is 2.24 bits per heavy atom. The summed E-state index contributed by atoms with van der Waals surface area (Å²) in [7, 11) is -3.89. The molecule has 0 aromatic rings. The molecule has 3 aliphatic carbocycles. The maximum absolute atomic E-state index is 11.9. The molecule has 0 aromatic heterocycles. The minimum absolute atomic E-state index is 0.0378. The van der Waals surface area contributed by atoms with Crippen LogP contribution in [0.1, 0.15) is 133 Å². The van der Waals surface area contributed by atoms with Crippen molar-refractivity contribution in [1.82, 2.24) is 0 Å². The Hall–Kier alpha value is -0.696. The average Bonchev–Trinajstić information content (AvgIpc) is 3.25. The third-order valence-electron chi connectivity index (χ3n) is 13.3. The van der Waals surface area contributed by atoms with E-state index in [1.807, 2.05) is 6.92 Å². The summed E-state index contributed by atoms with van der Waals surface area (Å²) in [4.78, 5) is 11.9. The molecule has 0 radical (unpaired) electrons. The molecule has 0 N–H and O–H groups in total. The van der Waals surface area contributed by atoms with E-state index < -0.39 is 16.6 Å². The van der Waals surface area contributed by atoms with Gasteiger partial charge in [0.25, 0.3) is 0 Å². The molecule has 6 heteroatoms. The lowest BCUT2D eigenvalue weighted by atomic mass is 9.58. The van der Waals surface area contributed by atoms with Crippen molar-refractivity contribution >= 4 is 22.6 Å². The molecule has 0 heterocycles. The minimum Gasteiger partial charge on any atom is -0.466 e. The first-order valence-electron chi connectivity index (χ1n) is 18.5. The zero-order valence-electron chi connectivity index (χ0n) is 31.9. The summed E-state index contributed by atoms with van der Waals surface area (Å²) in [5, 5.41) is 0.342. The maximum Gasteiger partial charge on any atom is 0.305 e. The summed E-state index contributed by atoms with van der Waals surface area (Å²) >= 11 is 0. The van der Waals surface area contributed by atoms with Crippen molar-refractivity contribution < 1.29 is 18.4 Å². The molecule has 260 valence electrons. The molecule has 3 fully saturated rings. The largest absolute Gasteiger partial charge is 0.466 e. The Labute approximate surface area is 281 Å². The van der Waals surface area contributed by atoms with Gasteiger partial charge in [0.2, 0.25) is 0 Å². The van der Waals surface area contributed by atoms with Gasteiger partial charge in [-0.3, -0.25) is 4.79 Å².